The molecule has 0 unspecified atom stereocenters. The van der Waals surface area contributed by atoms with Crippen molar-refractivity contribution in [2.45, 2.75) is 6.42 Å². The second-order valence-corrected chi connectivity index (χ2v) is 3.58. The van der Waals surface area contributed by atoms with E-state index in [4.69, 9.17) is 5.73 Å². The average molecular weight is 212 g/mol. The highest BCUT2D eigenvalue weighted by Crippen LogP contribution is 2.09. The summed E-state index contributed by atoms with van der Waals surface area (Å²) in [5.74, 6) is 0.0675. The van der Waals surface area contributed by atoms with Crippen molar-refractivity contribution in [1.29, 1.82) is 0 Å². The molecule has 0 aliphatic rings. The molecule has 0 radical (unpaired) electrons. The molecule has 0 fully saturated rings. The lowest BCUT2D eigenvalue weighted by Crippen LogP contribution is -2.03. The summed E-state index contributed by atoms with van der Waals surface area (Å²) >= 11 is 0. The normalized spacial score (nSPS) is 10.0. The molecule has 3 nitrogen and oxygen atoms in total. The zero-order valence-electron chi connectivity index (χ0n) is 8.76. The fraction of sp³-hybridized carbons (Fsp3) is 0.0769. The molecule has 0 atom stereocenters. The number of nitrogens with zero attached hydrogens (tertiary/aromatic N) is 1. The maximum absolute atomic E-state index is 11.8. The summed E-state index contributed by atoms with van der Waals surface area (Å²) in [6.45, 7) is 0. The molecule has 2 aromatic rings. The molecule has 2 rings (SSSR count). The van der Waals surface area contributed by atoms with E-state index in [1.54, 1.807) is 36.7 Å². The quantitative estimate of drug-likeness (QED) is 0.626. The smallest absolute Gasteiger partial charge is 0.168 e. The van der Waals surface area contributed by atoms with Gasteiger partial charge < -0.3 is 5.73 Å². The van der Waals surface area contributed by atoms with Crippen molar-refractivity contribution in [3.05, 3.63) is 59.9 Å². The number of carbonyl (C=O) groups is 1. The van der Waals surface area contributed by atoms with Crippen molar-refractivity contribution in [2.75, 3.05) is 5.73 Å². The van der Waals surface area contributed by atoms with E-state index in [0.29, 0.717) is 17.7 Å². The van der Waals surface area contributed by atoms with Gasteiger partial charge in [0.25, 0.3) is 0 Å². The van der Waals surface area contributed by atoms with Crippen LogP contribution in [0.3, 0.4) is 0 Å². The third-order valence-electron chi connectivity index (χ3n) is 2.33. The Kier molecular flexibility index (Phi) is 2.96. The molecule has 0 spiro atoms. The number of pyridine rings is 1. The Labute approximate surface area is 93.9 Å². The molecule has 1 heterocycles. The molecule has 16 heavy (non-hydrogen) atoms. The molecule has 80 valence electrons. The van der Waals surface area contributed by atoms with Gasteiger partial charge in [0.05, 0.1) is 0 Å². The fourth-order valence-corrected chi connectivity index (χ4v) is 1.45. The second kappa shape index (κ2) is 4.57. The van der Waals surface area contributed by atoms with Gasteiger partial charge in [-0.1, -0.05) is 12.1 Å². The topological polar surface area (TPSA) is 56.0 Å². The summed E-state index contributed by atoms with van der Waals surface area (Å²) in [6, 6.07) is 10.9. The van der Waals surface area contributed by atoms with Crippen LogP contribution in [-0.4, -0.2) is 10.8 Å². The van der Waals surface area contributed by atoms with Gasteiger partial charge in [-0.25, -0.2) is 0 Å². The van der Waals surface area contributed by atoms with Crippen LogP contribution in [0, 0.1) is 0 Å². The first kappa shape index (κ1) is 10.4. The Morgan fingerprint density at radius 1 is 1.19 bits per heavy atom. The molecule has 0 bridgehead atoms. The van der Waals surface area contributed by atoms with E-state index in [2.05, 4.69) is 4.98 Å². The number of rotatable bonds is 3. The average Bonchev–Trinajstić information content (AvgIpc) is 2.33. The standard InChI is InChI=1S/C13H12N2O/c14-12-5-3-10(4-6-12)8-13(16)11-2-1-7-15-9-11/h1-7,9H,8,14H2. The summed E-state index contributed by atoms with van der Waals surface area (Å²) in [4.78, 5) is 15.7. The van der Waals surface area contributed by atoms with Crippen molar-refractivity contribution < 1.29 is 4.79 Å². The summed E-state index contributed by atoms with van der Waals surface area (Å²) in [7, 11) is 0. The van der Waals surface area contributed by atoms with Gasteiger partial charge in [-0.3, -0.25) is 9.78 Å². The Balaban J connectivity index is 2.11. The third kappa shape index (κ3) is 2.45. The van der Waals surface area contributed by atoms with Gasteiger partial charge in [0.1, 0.15) is 0 Å². The van der Waals surface area contributed by atoms with Crippen LogP contribution in [0.4, 0.5) is 5.69 Å². The Morgan fingerprint density at radius 3 is 2.56 bits per heavy atom. The lowest BCUT2D eigenvalue weighted by Gasteiger charge is -2.01. The minimum Gasteiger partial charge on any atom is -0.399 e. The molecule has 3 heteroatoms. The zero-order valence-corrected chi connectivity index (χ0v) is 8.76. The van der Waals surface area contributed by atoms with Crippen LogP contribution in [0.2, 0.25) is 0 Å². The first-order chi connectivity index (χ1) is 7.75. The first-order valence-electron chi connectivity index (χ1n) is 5.03. The predicted octanol–water partition coefficient (Wildman–Crippen LogP) is 2.09. The number of hydrogen-bond donors (Lipinski definition) is 1. The molecule has 0 aliphatic carbocycles. The highest BCUT2D eigenvalue weighted by atomic mass is 16.1. The lowest BCUT2D eigenvalue weighted by molar-refractivity contribution is 0.0992. The van der Waals surface area contributed by atoms with E-state index in [9.17, 15) is 4.79 Å². The SMILES string of the molecule is Nc1ccc(CC(=O)c2cccnc2)cc1. The van der Waals surface area contributed by atoms with Crippen molar-refractivity contribution in [1.82, 2.24) is 4.98 Å². The van der Waals surface area contributed by atoms with E-state index < -0.39 is 0 Å². The van der Waals surface area contributed by atoms with Crippen molar-refractivity contribution >= 4 is 11.5 Å². The zero-order chi connectivity index (χ0) is 11.4. The highest BCUT2D eigenvalue weighted by Gasteiger charge is 2.06. The summed E-state index contributed by atoms with van der Waals surface area (Å²) < 4.78 is 0. The van der Waals surface area contributed by atoms with E-state index >= 15 is 0 Å². The molecule has 0 saturated carbocycles. The van der Waals surface area contributed by atoms with Crippen molar-refractivity contribution in [3.8, 4) is 0 Å². The van der Waals surface area contributed by atoms with Gasteiger partial charge in [-0.2, -0.15) is 0 Å². The number of nitrogens with two attached hydrogens (primary N) is 1. The minimum atomic E-state index is 0.0675. The number of carbonyl (C=O) groups excluding carboxylic acids is 1. The largest absolute Gasteiger partial charge is 0.399 e. The molecular weight excluding hydrogens is 200 g/mol. The van der Waals surface area contributed by atoms with E-state index in [-0.39, 0.29) is 5.78 Å². The first-order valence-corrected chi connectivity index (χ1v) is 5.03. The lowest BCUT2D eigenvalue weighted by atomic mass is 10.0. The maximum Gasteiger partial charge on any atom is 0.168 e. The van der Waals surface area contributed by atoms with Crippen LogP contribution in [0.5, 0.6) is 0 Å². The molecule has 2 N–H and O–H groups in total. The second-order valence-electron chi connectivity index (χ2n) is 3.58. The molecule has 1 aromatic carbocycles. The number of hydrogen-bond acceptors (Lipinski definition) is 3. The Morgan fingerprint density at radius 2 is 1.94 bits per heavy atom. The van der Waals surface area contributed by atoms with E-state index in [1.165, 1.54) is 0 Å². The Hall–Kier alpha value is -2.16. The number of nitrogen functional groups attached to an aromatic ring is 1. The number of ketones is 1. The van der Waals surface area contributed by atoms with Crippen LogP contribution in [0.25, 0.3) is 0 Å². The fourth-order valence-electron chi connectivity index (χ4n) is 1.45. The van der Waals surface area contributed by atoms with E-state index in [0.717, 1.165) is 5.56 Å². The van der Waals surface area contributed by atoms with Crippen LogP contribution in [0.1, 0.15) is 15.9 Å². The van der Waals surface area contributed by atoms with Gasteiger partial charge in [-0.15, -0.1) is 0 Å². The molecular formula is C13H12N2O. The van der Waals surface area contributed by atoms with Crippen molar-refractivity contribution in [3.63, 3.8) is 0 Å². The van der Waals surface area contributed by atoms with E-state index in [1.807, 2.05) is 12.1 Å². The number of aromatic nitrogens is 1. The van der Waals surface area contributed by atoms with Gasteiger partial charge in [0, 0.05) is 30.1 Å². The van der Waals surface area contributed by atoms with Crippen LogP contribution in [0.15, 0.2) is 48.8 Å². The van der Waals surface area contributed by atoms with Gasteiger partial charge >= 0.3 is 0 Å². The van der Waals surface area contributed by atoms with Crippen LogP contribution >= 0.6 is 0 Å². The van der Waals surface area contributed by atoms with Gasteiger partial charge in [0.15, 0.2) is 5.78 Å². The van der Waals surface area contributed by atoms with Crippen LogP contribution in [-0.2, 0) is 6.42 Å². The summed E-state index contributed by atoms with van der Waals surface area (Å²) in [6.07, 6.45) is 3.62. The monoisotopic (exact) mass is 212 g/mol. The van der Waals surface area contributed by atoms with Crippen LogP contribution < -0.4 is 5.73 Å². The minimum absolute atomic E-state index is 0.0675. The van der Waals surface area contributed by atoms with Gasteiger partial charge in [0.2, 0.25) is 0 Å². The Bertz CT molecular complexity index is 477. The highest BCUT2D eigenvalue weighted by molar-refractivity contribution is 5.97. The van der Waals surface area contributed by atoms with Crippen molar-refractivity contribution in [2.24, 2.45) is 0 Å². The predicted molar refractivity (Wildman–Crippen MR) is 63.1 cm³/mol. The number of anilines is 1. The maximum atomic E-state index is 11.8. The third-order valence-corrected chi connectivity index (χ3v) is 2.33. The molecule has 0 saturated heterocycles. The molecule has 0 amide bonds. The molecule has 0 aliphatic heterocycles. The number of benzene rings is 1. The molecule has 1 aromatic heterocycles. The summed E-state index contributed by atoms with van der Waals surface area (Å²) in [5, 5.41) is 0. The summed E-state index contributed by atoms with van der Waals surface area (Å²) in [5.41, 5.74) is 7.88. The number of Topliss-reactive ketones (excluding diaryl/α,β-unsaturated/α-hetero) is 1. The van der Waals surface area contributed by atoms with Gasteiger partial charge in [-0.05, 0) is 29.8 Å².